The SMILES string of the molecule is CN1CCCC1Cc1c[nH]c2ccc(Nc3ccc(C(F)(F)F)cc3[N+](=O)[O-])cc12.c1ccc2[nH]cnc2c1. The maximum Gasteiger partial charge on any atom is 0.416 e. The Morgan fingerprint density at radius 3 is 2.64 bits per heavy atom. The number of aromatic amines is 2. The summed E-state index contributed by atoms with van der Waals surface area (Å²) in [6.07, 6.45) is 2.23. The number of hydrogen-bond donors (Lipinski definition) is 3. The van der Waals surface area contributed by atoms with Crippen LogP contribution in [-0.4, -0.2) is 44.4 Å². The van der Waals surface area contributed by atoms with Crippen molar-refractivity contribution in [2.75, 3.05) is 18.9 Å². The van der Waals surface area contributed by atoms with E-state index in [1.807, 2.05) is 42.6 Å². The molecule has 1 aliphatic rings. The van der Waals surface area contributed by atoms with Crippen LogP contribution in [0.25, 0.3) is 21.9 Å². The molecule has 2 aromatic heterocycles. The summed E-state index contributed by atoms with van der Waals surface area (Å²) in [4.78, 5) is 23.2. The van der Waals surface area contributed by atoms with Crippen LogP contribution in [0.15, 0.2) is 73.2 Å². The van der Waals surface area contributed by atoms with E-state index in [0.29, 0.717) is 17.8 Å². The molecule has 8 nitrogen and oxygen atoms in total. The summed E-state index contributed by atoms with van der Waals surface area (Å²) in [6.45, 7) is 1.08. The number of likely N-dealkylation sites (tertiary alicyclic amines) is 1. The van der Waals surface area contributed by atoms with Gasteiger partial charge in [-0.1, -0.05) is 12.1 Å². The van der Waals surface area contributed by atoms with E-state index in [-0.39, 0.29) is 5.69 Å². The number of benzene rings is 3. The highest BCUT2D eigenvalue weighted by Gasteiger charge is 2.33. The fourth-order valence-corrected chi connectivity index (χ4v) is 4.92. The first-order chi connectivity index (χ1) is 18.7. The molecule has 6 rings (SSSR count). The van der Waals surface area contributed by atoms with Crippen molar-refractivity contribution < 1.29 is 18.1 Å². The van der Waals surface area contributed by atoms with E-state index in [9.17, 15) is 23.3 Å². The maximum atomic E-state index is 12.9. The van der Waals surface area contributed by atoms with Crippen LogP contribution in [-0.2, 0) is 12.6 Å². The average molecular weight is 537 g/mol. The maximum absolute atomic E-state index is 12.9. The first kappa shape index (κ1) is 26.2. The third-order valence-corrected chi connectivity index (χ3v) is 7.02. The number of alkyl halides is 3. The number of rotatable bonds is 5. The number of para-hydroxylation sites is 2. The fraction of sp³-hybridized carbons (Fsp3) is 0.250. The molecule has 1 aliphatic heterocycles. The van der Waals surface area contributed by atoms with Gasteiger partial charge in [0, 0.05) is 34.9 Å². The number of aromatic nitrogens is 3. The number of H-pyrrole nitrogens is 2. The first-order valence-corrected chi connectivity index (χ1v) is 12.5. The number of nitrogens with zero attached hydrogens (tertiary/aromatic N) is 3. The Morgan fingerprint density at radius 2 is 1.92 bits per heavy atom. The van der Waals surface area contributed by atoms with Gasteiger partial charge in [-0.05, 0) is 80.9 Å². The van der Waals surface area contributed by atoms with Crippen molar-refractivity contribution in [3.05, 3.63) is 94.4 Å². The Hall–Kier alpha value is -4.38. The standard InChI is InChI=1S/C21H21F3N4O2.C7H6N2/c1-27-8-2-3-16(27)9-13-12-25-18-7-5-15(11-17(13)18)26-19-6-4-14(21(22,23)24)10-20(19)28(29)30;1-2-4-7-6(3-1)8-5-9-7/h4-7,10-12,16,25-26H,2-3,8-9H2,1H3;1-5H,(H,8,9). The summed E-state index contributed by atoms with van der Waals surface area (Å²) in [5.74, 6) is 0. The van der Waals surface area contributed by atoms with Crippen molar-refractivity contribution >= 4 is 39.0 Å². The van der Waals surface area contributed by atoms with Gasteiger partial charge in [-0.25, -0.2) is 4.98 Å². The van der Waals surface area contributed by atoms with E-state index in [0.717, 1.165) is 59.0 Å². The molecule has 11 heteroatoms. The van der Waals surface area contributed by atoms with Crippen molar-refractivity contribution in [3.63, 3.8) is 0 Å². The Balaban J connectivity index is 0.000000287. The molecule has 5 aromatic rings. The second kappa shape index (κ2) is 10.8. The van der Waals surface area contributed by atoms with Gasteiger partial charge in [0.2, 0.25) is 0 Å². The molecule has 0 bridgehead atoms. The second-order valence-corrected chi connectivity index (χ2v) is 9.59. The number of likely N-dealkylation sites (N-methyl/N-ethyl adjacent to an activating group) is 1. The molecule has 3 N–H and O–H groups in total. The molecule has 1 atom stereocenters. The summed E-state index contributed by atoms with van der Waals surface area (Å²) in [5, 5.41) is 15.2. The third kappa shape index (κ3) is 5.88. The van der Waals surface area contributed by atoms with Gasteiger partial charge < -0.3 is 20.2 Å². The Bertz CT molecular complexity index is 1580. The van der Waals surface area contributed by atoms with Crippen LogP contribution in [0.3, 0.4) is 0 Å². The number of halogens is 3. The van der Waals surface area contributed by atoms with Crippen LogP contribution in [0.2, 0.25) is 0 Å². The van der Waals surface area contributed by atoms with Gasteiger partial charge in [-0.15, -0.1) is 0 Å². The van der Waals surface area contributed by atoms with Crippen LogP contribution < -0.4 is 5.32 Å². The lowest BCUT2D eigenvalue weighted by Gasteiger charge is -2.18. The minimum absolute atomic E-state index is 0.0139. The Labute approximate surface area is 222 Å². The lowest BCUT2D eigenvalue weighted by molar-refractivity contribution is -0.384. The highest BCUT2D eigenvalue weighted by atomic mass is 19.4. The fourth-order valence-electron chi connectivity index (χ4n) is 4.92. The molecule has 1 fully saturated rings. The summed E-state index contributed by atoms with van der Waals surface area (Å²) in [6, 6.07) is 16.4. The van der Waals surface area contributed by atoms with Crippen LogP contribution >= 0.6 is 0 Å². The predicted molar refractivity (Wildman–Crippen MR) is 145 cm³/mol. The second-order valence-electron chi connectivity index (χ2n) is 9.59. The van der Waals surface area contributed by atoms with E-state index in [1.165, 1.54) is 6.42 Å². The third-order valence-electron chi connectivity index (χ3n) is 7.02. The smallest absolute Gasteiger partial charge is 0.361 e. The van der Waals surface area contributed by atoms with Gasteiger partial charge in [0.05, 0.1) is 27.8 Å². The van der Waals surface area contributed by atoms with Gasteiger partial charge >= 0.3 is 6.18 Å². The molecular weight excluding hydrogens is 509 g/mol. The summed E-state index contributed by atoms with van der Waals surface area (Å²) < 4.78 is 38.8. The van der Waals surface area contributed by atoms with E-state index < -0.39 is 22.4 Å². The van der Waals surface area contributed by atoms with Crippen LogP contribution in [0.1, 0.15) is 24.0 Å². The van der Waals surface area contributed by atoms with E-state index >= 15 is 0 Å². The van der Waals surface area contributed by atoms with Gasteiger partial charge in [-0.2, -0.15) is 13.2 Å². The summed E-state index contributed by atoms with van der Waals surface area (Å²) in [5.41, 5.74) is 3.13. The molecule has 0 spiro atoms. The molecule has 0 amide bonds. The van der Waals surface area contributed by atoms with Gasteiger partial charge in [0.15, 0.2) is 0 Å². The Morgan fingerprint density at radius 1 is 1.10 bits per heavy atom. The van der Waals surface area contributed by atoms with E-state index in [2.05, 4.69) is 32.2 Å². The van der Waals surface area contributed by atoms with E-state index in [1.54, 1.807) is 12.4 Å². The van der Waals surface area contributed by atoms with Gasteiger partial charge in [0.1, 0.15) is 5.69 Å². The molecule has 202 valence electrons. The monoisotopic (exact) mass is 536 g/mol. The number of nitrogens with one attached hydrogen (secondary N) is 3. The molecule has 1 saturated heterocycles. The lowest BCUT2D eigenvalue weighted by atomic mass is 10.0. The zero-order valence-electron chi connectivity index (χ0n) is 21.1. The van der Waals surface area contributed by atoms with E-state index in [4.69, 9.17) is 0 Å². The van der Waals surface area contributed by atoms with Crippen LogP contribution in [0.4, 0.5) is 30.2 Å². The minimum Gasteiger partial charge on any atom is -0.361 e. The summed E-state index contributed by atoms with van der Waals surface area (Å²) >= 11 is 0. The number of fused-ring (bicyclic) bond motifs is 2. The average Bonchev–Trinajstić information content (AvgIpc) is 3.65. The zero-order valence-corrected chi connectivity index (χ0v) is 21.1. The van der Waals surface area contributed by atoms with Gasteiger partial charge in [0.25, 0.3) is 5.69 Å². The molecule has 0 radical (unpaired) electrons. The number of nitro benzene ring substituents is 1. The molecule has 3 heterocycles. The van der Waals surface area contributed by atoms with Crippen LogP contribution in [0.5, 0.6) is 0 Å². The molecule has 0 aliphatic carbocycles. The summed E-state index contributed by atoms with van der Waals surface area (Å²) in [7, 11) is 2.11. The van der Waals surface area contributed by atoms with Crippen LogP contribution in [0, 0.1) is 10.1 Å². The molecule has 0 saturated carbocycles. The topological polar surface area (TPSA) is 103 Å². The predicted octanol–water partition coefficient (Wildman–Crippen LogP) is 7.04. The number of nitro groups is 1. The number of anilines is 2. The normalized spacial score (nSPS) is 15.8. The lowest BCUT2D eigenvalue weighted by Crippen LogP contribution is -2.26. The molecular formula is C28H27F3N6O2. The first-order valence-electron chi connectivity index (χ1n) is 12.5. The van der Waals surface area contributed by atoms with Crippen molar-refractivity contribution in [1.29, 1.82) is 0 Å². The Kier molecular flexibility index (Phi) is 7.25. The largest absolute Gasteiger partial charge is 0.416 e. The number of imidazole rings is 1. The highest BCUT2D eigenvalue weighted by molar-refractivity contribution is 5.88. The van der Waals surface area contributed by atoms with Crippen molar-refractivity contribution in [2.24, 2.45) is 0 Å². The molecule has 3 aromatic carbocycles. The number of hydrogen-bond acceptors (Lipinski definition) is 5. The molecule has 39 heavy (non-hydrogen) atoms. The molecule has 1 unspecified atom stereocenters. The van der Waals surface area contributed by atoms with Crippen molar-refractivity contribution in [3.8, 4) is 0 Å². The van der Waals surface area contributed by atoms with Crippen molar-refractivity contribution in [1.82, 2.24) is 19.9 Å². The quantitative estimate of drug-likeness (QED) is 0.165. The zero-order chi connectivity index (χ0) is 27.6. The minimum atomic E-state index is -4.64. The van der Waals surface area contributed by atoms with Crippen molar-refractivity contribution in [2.45, 2.75) is 31.5 Å². The highest BCUT2D eigenvalue weighted by Crippen LogP contribution is 2.36. The van der Waals surface area contributed by atoms with Gasteiger partial charge in [-0.3, -0.25) is 10.1 Å².